The van der Waals surface area contributed by atoms with Gasteiger partial charge in [-0.1, -0.05) is 26.0 Å². The average molecular weight is 352 g/mol. The van der Waals surface area contributed by atoms with Gasteiger partial charge in [0, 0.05) is 23.1 Å². The lowest BCUT2D eigenvalue weighted by Crippen LogP contribution is -2.13. The number of rotatable bonds is 6. The lowest BCUT2D eigenvalue weighted by molar-refractivity contribution is 0.102. The lowest BCUT2D eigenvalue weighted by atomic mass is 10.1. The molecule has 0 fully saturated rings. The normalized spacial score (nSPS) is 16.3. The summed E-state index contributed by atoms with van der Waals surface area (Å²) in [7, 11) is 0. The van der Waals surface area contributed by atoms with Crippen molar-refractivity contribution in [3.05, 3.63) is 59.4 Å². The maximum absolute atomic E-state index is 12.4. The molecule has 0 aliphatic carbocycles. The Kier molecular flexibility index (Phi) is 5.51. The molecule has 0 radical (unpaired) electrons. The first-order valence-corrected chi connectivity index (χ1v) is 8.83. The number of aromatic nitrogens is 1. The maximum Gasteiger partial charge on any atom is 0.282 e. The minimum Gasteiger partial charge on any atom is -0.463 e. The summed E-state index contributed by atoms with van der Waals surface area (Å²) in [6.07, 6.45) is 3.46. The molecule has 0 saturated carbocycles. The standard InChI is InChI=1S/C20H24N4O2/c1-13(2)18-11-15(9-10-22-18)19(25)23-16-6-3-14(4-7-16)5-8-17-12-26-20(21)24-17/h3-4,6-7,9-11,13,17H,5,8,12H2,1-2H3,(H2,21,24)(H,23,25). The number of nitrogens with one attached hydrogen (secondary N) is 1. The summed E-state index contributed by atoms with van der Waals surface area (Å²) in [5, 5.41) is 2.93. The SMILES string of the molecule is CC(C)c1cc(C(=O)Nc2ccc(CCC3COC(N)=N3)cc2)ccn1. The van der Waals surface area contributed by atoms with Crippen LogP contribution in [0.5, 0.6) is 0 Å². The predicted octanol–water partition coefficient (Wildman–Crippen LogP) is 3.10. The van der Waals surface area contributed by atoms with E-state index < -0.39 is 0 Å². The number of aryl methyl sites for hydroxylation is 1. The Morgan fingerprint density at radius 2 is 2.08 bits per heavy atom. The fraction of sp³-hybridized carbons (Fsp3) is 0.350. The van der Waals surface area contributed by atoms with Crippen molar-refractivity contribution < 1.29 is 9.53 Å². The van der Waals surface area contributed by atoms with Gasteiger partial charge in [-0.25, -0.2) is 4.99 Å². The van der Waals surface area contributed by atoms with Gasteiger partial charge in [-0.3, -0.25) is 9.78 Å². The van der Waals surface area contributed by atoms with Crippen molar-refractivity contribution >= 4 is 17.6 Å². The second-order valence-corrected chi connectivity index (χ2v) is 6.75. The highest BCUT2D eigenvalue weighted by Gasteiger charge is 2.16. The largest absolute Gasteiger partial charge is 0.463 e. The Bertz CT molecular complexity index is 800. The molecule has 1 unspecified atom stereocenters. The van der Waals surface area contributed by atoms with Crippen molar-refractivity contribution in [1.29, 1.82) is 0 Å². The first-order valence-electron chi connectivity index (χ1n) is 8.83. The summed E-state index contributed by atoms with van der Waals surface area (Å²) in [5.74, 6) is 0.155. The molecule has 2 aromatic rings. The smallest absolute Gasteiger partial charge is 0.282 e. The van der Waals surface area contributed by atoms with Crippen LogP contribution in [0.25, 0.3) is 0 Å². The zero-order valence-electron chi connectivity index (χ0n) is 15.1. The molecule has 2 heterocycles. The molecule has 1 atom stereocenters. The average Bonchev–Trinajstić information content (AvgIpc) is 3.06. The van der Waals surface area contributed by atoms with E-state index in [1.807, 2.05) is 30.3 Å². The van der Waals surface area contributed by atoms with Crippen molar-refractivity contribution in [2.24, 2.45) is 10.7 Å². The number of benzene rings is 1. The zero-order valence-corrected chi connectivity index (χ0v) is 15.1. The van der Waals surface area contributed by atoms with Crippen molar-refractivity contribution in [2.45, 2.75) is 38.6 Å². The number of hydrogen-bond donors (Lipinski definition) is 2. The number of amides is 1. The summed E-state index contributed by atoms with van der Waals surface area (Å²) in [4.78, 5) is 20.9. The van der Waals surface area contributed by atoms with Gasteiger partial charge in [-0.2, -0.15) is 0 Å². The minimum absolute atomic E-state index is 0.130. The highest BCUT2D eigenvalue weighted by molar-refractivity contribution is 6.04. The quantitative estimate of drug-likeness (QED) is 0.836. The topological polar surface area (TPSA) is 89.6 Å². The molecule has 136 valence electrons. The number of ether oxygens (including phenoxy) is 1. The van der Waals surface area contributed by atoms with Gasteiger partial charge in [-0.15, -0.1) is 0 Å². The Balaban J connectivity index is 1.57. The van der Waals surface area contributed by atoms with E-state index in [4.69, 9.17) is 10.5 Å². The second kappa shape index (κ2) is 7.99. The molecule has 3 N–H and O–H groups in total. The number of pyridine rings is 1. The number of nitrogens with zero attached hydrogens (tertiary/aromatic N) is 2. The maximum atomic E-state index is 12.4. The van der Waals surface area contributed by atoms with Crippen LogP contribution in [0.3, 0.4) is 0 Å². The third-order valence-electron chi connectivity index (χ3n) is 4.35. The van der Waals surface area contributed by atoms with E-state index >= 15 is 0 Å². The van der Waals surface area contributed by atoms with Gasteiger partial charge in [0.2, 0.25) is 0 Å². The van der Waals surface area contributed by atoms with Gasteiger partial charge < -0.3 is 15.8 Å². The molecule has 1 aliphatic rings. The third-order valence-corrected chi connectivity index (χ3v) is 4.35. The van der Waals surface area contributed by atoms with E-state index in [0.717, 1.165) is 24.2 Å². The lowest BCUT2D eigenvalue weighted by Gasteiger charge is -2.09. The van der Waals surface area contributed by atoms with E-state index in [1.165, 1.54) is 5.56 Å². The van der Waals surface area contributed by atoms with Crippen LogP contribution >= 0.6 is 0 Å². The number of carbonyl (C=O) groups is 1. The Morgan fingerprint density at radius 1 is 1.31 bits per heavy atom. The van der Waals surface area contributed by atoms with Crippen LogP contribution in [0.4, 0.5) is 5.69 Å². The van der Waals surface area contributed by atoms with Gasteiger partial charge in [0.1, 0.15) is 6.61 Å². The van der Waals surface area contributed by atoms with E-state index in [-0.39, 0.29) is 23.9 Å². The van der Waals surface area contributed by atoms with E-state index in [1.54, 1.807) is 12.3 Å². The molecule has 6 nitrogen and oxygen atoms in total. The molecule has 26 heavy (non-hydrogen) atoms. The summed E-state index contributed by atoms with van der Waals surface area (Å²) >= 11 is 0. The zero-order chi connectivity index (χ0) is 18.5. The van der Waals surface area contributed by atoms with Crippen molar-refractivity contribution in [3.63, 3.8) is 0 Å². The molecular formula is C20H24N4O2. The molecule has 6 heteroatoms. The van der Waals surface area contributed by atoms with Gasteiger partial charge in [0.05, 0.1) is 6.04 Å². The number of carbonyl (C=O) groups excluding carboxylic acids is 1. The molecule has 0 bridgehead atoms. The van der Waals surface area contributed by atoms with E-state index in [9.17, 15) is 4.79 Å². The van der Waals surface area contributed by atoms with E-state index in [0.29, 0.717) is 12.2 Å². The van der Waals surface area contributed by atoms with Crippen LogP contribution in [0.2, 0.25) is 0 Å². The fourth-order valence-corrected chi connectivity index (χ4v) is 2.78. The summed E-state index contributed by atoms with van der Waals surface area (Å²) in [6.45, 7) is 4.67. The minimum atomic E-state index is -0.130. The van der Waals surface area contributed by atoms with Gasteiger partial charge in [0.25, 0.3) is 11.9 Å². The number of anilines is 1. The van der Waals surface area contributed by atoms with Crippen LogP contribution in [0.1, 0.15) is 47.8 Å². The predicted molar refractivity (Wildman–Crippen MR) is 102 cm³/mol. The van der Waals surface area contributed by atoms with E-state index in [2.05, 4.69) is 29.1 Å². The molecule has 0 spiro atoms. The summed E-state index contributed by atoms with van der Waals surface area (Å²) in [6, 6.07) is 11.9. The number of hydrogen-bond acceptors (Lipinski definition) is 5. The van der Waals surface area contributed by atoms with Crippen LogP contribution < -0.4 is 11.1 Å². The second-order valence-electron chi connectivity index (χ2n) is 6.75. The van der Waals surface area contributed by atoms with Crippen LogP contribution in [-0.2, 0) is 11.2 Å². The highest BCUT2D eigenvalue weighted by Crippen LogP contribution is 2.17. The fourth-order valence-electron chi connectivity index (χ4n) is 2.78. The van der Waals surface area contributed by atoms with Gasteiger partial charge in [0.15, 0.2) is 0 Å². The molecular weight excluding hydrogens is 328 g/mol. The van der Waals surface area contributed by atoms with Crippen molar-refractivity contribution in [2.75, 3.05) is 11.9 Å². The molecule has 1 aliphatic heterocycles. The van der Waals surface area contributed by atoms with Crippen LogP contribution in [0, 0.1) is 0 Å². The summed E-state index contributed by atoms with van der Waals surface area (Å²) in [5.41, 5.74) is 9.00. The Hall–Kier alpha value is -2.89. The highest BCUT2D eigenvalue weighted by atomic mass is 16.5. The Morgan fingerprint density at radius 3 is 2.73 bits per heavy atom. The number of amidine groups is 1. The number of nitrogens with two attached hydrogens (primary N) is 1. The van der Waals surface area contributed by atoms with Gasteiger partial charge >= 0.3 is 0 Å². The molecule has 3 rings (SSSR count). The first kappa shape index (κ1) is 17.9. The van der Waals surface area contributed by atoms with Crippen LogP contribution in [0.15, 0.2) is 47.6 Å². The summed E-state index contributed by atoms with van der Waals surface area (Å²) < 4.78 is 5.16. The number of aliphatic imine (C=N–C) groups is 1. The monoisotopic (exact) mass is 352 g/mol. The molecule has 0 saturated heterocycles. The van der Waals surface area contributed by atoms with Crippen molar-refractivity contribution in [1.82, 2.24) is 4.98 Å². The van der Waals surface area contributed by atoms with Crippen LogP contribution in [-0.4, -0.2) is 29.6 Å². The molecule has 1 aromatic carbocycles. The third kappa shape index (κ3) is 4.59. The van der Waals surface area contributed by atoms with Crippen molar-refractivity contribution in [3.8, 4) is 0 Å². The first-order chi connectivity index (χ1) is 12.5. The molecule has 1 aromatic heterocycles. The Labute approximate surface area is 153 Å². The van der Waals surface area contributed by atoms with Gasteiger partial charge in [-0.05, 0) is 48.6 Å². The molecule has 1 amide bonds.